The van der Waals surface area contributed by atoms with Gasteiger partial charge in [-0.05, 0) is 30.3 Å². The fourth-order valence-corrected chi connectivity index (χ4v) is 3.42. The van der Waals surface area contributed by atoms with Gasteiger partial charge >= 0.3 is 6.09 Å². The number of hydrogen-bond acceptors (Lipinski definition) is 5. The predicted octanol–water partition coefficient (Wildman–Crippen LogP) is 2.75. The highest BCUT2D eigenvalue weighted by Crippen LogP contribution is 2.29. The molecule has 1 saturated heterocycles. The highest BCUT2D eigenvalue weighted by atomic mass is 19.1. The molecule has 2 aromatic heterocycles. The maximum atomic E-state index is 14.9. The van der Waals surface area contributed by atoms with Crippen molar-refractivity contribution in [2.45, 2.75) is 19.6 Å². The number of carbonyl (C=O) groups is 2. The lowest BCUT2D eigenvalue weighted by Crippen LogP contribution is -2.33. The van der Waals surface area contributed by atoms with E-state index < -0.39 is 18.0 Å². The average molecular weight is 412 g/mol. The average Bonchev–Trinajstić information content (AvgIpc) is 3.28. The highest BCUT2D eigenvalue weighted by molar-refractivity contribution is 5.90. The third-order valence-electron chi connectivity index (χ3n) is 4.82. The third-order valence-corrected chi connectivity index (χ3v) is 4.82. The van der Waals surface area contributed by atoms with Crippen molar-refractivity contribution in [1.29, 1.82) is 0 Å². The van der Waals surface area contributed by atoms with Gasteiger partial charge in [0, 0.05) is 37.6 Å². The Hall–Kier alpha value is -3.46. The van der Waals surface area contributed by atoms with E-state index in [9.17, 15) is 14.0 Å². The highest BCUT2D eigenvalue weighted by Gasteiger charge is 2.32. The van der Waals surface area contributed by atoms with Crippen LogP contribution in [0, 0.1) is 5.82 Å². The summed E-state index contributed by atoms with van der Waals surface area (Å²) in [6.07, 6.45) is 2.59. The number of pyridine rings is 1. The van der Waals surface area contributed by atoms with Crippen molar-refractivity contribution in [3.8, 4) is 11.1 Å². The first kappa shape index (κ1) is 19.8. The molecule has 30 heavy (non-hydrogen) atoms. The molecule has 2 amide bonds. The molecule has 1 aliphatic heterocycles. The van der Waals surface area contributed by atoms with Crippen LogP contribution in [0.3, 0.4) is 0 Å². The molecule has 156 valence electrons. The number of cyclic esters (lactones) is 1. The van der Waals surface area contributed by atoms with Crippen molar-refractivity contribution < 1.29 is 23.5 Å². The number of ether oxygens (including phenoxy) is 2. The van der Waals surface area contributed by atoms with E-state index in [0.29, 0.717) is 23.4 Å². The summed E-state index contributed by atoms with van der Waals surface area (Å²) < 4.78 is 27.1. The molecule has 1 fully saturated rings. The third kappa shape index (κ3) is 3.97. The lowest BCUT2D eigenvalue weighted by molar-refractivity contribution is -0.119. The molecule has 9 heteroatoms. The minimum Gasteiger partial charge on any atom is -0.442 e. The van der Waals surface area contributed by atoms with Gasteiger partial charge in [-0.2, -0.15) is 0 Å². The van der Waals surface area contributed by atoms with Crippen LogP contribution < -0.4 is 10.2 Å². The molecule has 0 bridgehead atoms. The fourth-order valence-electron chi connectivity index (χ4n) is 3.42. The molecule has 0 saturated carbocycles. The molecule has 1 aromatic carbocycles. The Labute approximate surface area is 172 Å². The number of nitrogens with one attached hydrogen (secondary N) is 1. The molecule has 0 unspecified atom stereocenters. The van der Waals surface area contributed by atoms with Gasteiger partial charge in [0.1, 0.15) is 17.6 Å². The lowest BCUT2D eigenvalue weighted by atomic mass is 10.1. The van der Waals surface area contributed by atoms with Crippen molar-refractivity contribution >= 4 is 23.3 Å². The molecule has 3 aromatic rings. The van der Waals surface area contributed by atoms with Gasteiger partial charge in [-0.15, -0.1) is 0 Å². The molecule has 1 aliphatic rings. The summed E-state index contributed by atoms with van der Waals surface area (Å²) >= 11 is 0. The van der Waals surface area contributed by atoms with Crippen molar-refractivity contribution in [2.24, 2.45) is 0 Å². The largest absolute Gasteiger partial charge is 0.442 e. The first-order chi connectivity index (χ1) is 14.4. The van der Waals surface area contributed by atoms with E-state index >= 15 is 0 Å². The van der Waals surface area contributed by atoms with Gasteiger partial charge in [0.05, 0.1) is 31.1 Å². The van der Waals surface area contributed by atoms with Crippen LogP contribution in [0.2, 0.25) is 0 Å². The number of anilines is 1. The molecule has 8 nitrogen and oxygen atoms in total. The van der Waals surface area contributed by atoms with Gasteiger partial charge in [-0.3, -0.25) is 9.69 Å². The maximum absolute atomic E-state index is 14.9. The van der Waals surface area contributed by atoms with E-state index in [1.54, 1.807) is 31.5 Å². The first-order valence-electron chi connectivity index (χ1n) is 9.43. The molecule has 3 heterocycles. The monoisotopic (exact) mass is 412 g/mol. The summed E-state index contributed by atoms with van der Waals surface area (Å²) in [6, 6.07) is 8.23. The summed E-state index contributed by atoms with van der Waals surface area (Å²) in [5.74, 6) is -0.661. The van der Waals surface area contributed by atoms with E-state index in [-0.39, 0.29) is 19.0 Å². The zero-order chi connectivity index (χ0) is 21.3. The lowest BCUT2D eigenvalue weighted by Gasteiger charge is -2.14. The van der Waals surface area contributed by atoms with E-state index in [1.165, 1.54) is 17.9 Å². The van der Waals surface area contributed by atoms with Crippen molar-refractivity contribution in [3.63, 3.8) is 0 Å². The van der Waals surface area contributed by atoms with Crippen LogP contribution in [0.15, 0.2) is 42.7 Å². The molecular formula is C21H21FN4O4. The van der Waals surface area contributed by atoms with Crippen LogP contribution in [-0.4, -0.2) is 47.7 Å². The number of aromatic nitrogens is 2. The SMILES string of the molecule is COCc1cn2cc(-c3ccc(N4C[C@H](CNC(C)=O)OC4=O)cc3F)ccc2n1. The number of carbonyl (C=O) groups excluding carboxylic acids is 2. The van der Waals surface area contributed by atoms with Crippen LogP contribution in [0.1, 0.15) is 12.6 Å². The van der Waals surface area contributed by atoms with Crippen molar-refractivity contribution in [3.05, 3.63) is 54.2 Å². The second-order valence-electron chi connectivity index (χ2n) is 7.07. The number of benzene rings is 1. The molecule has 1 N–H and O–H groups in total. The minimum absolute atomic E-state index is 0.205. The number of amides is 2. The Bertz CT molecular complexity index is 1110. The van der Waals surface area contributed by atoms with Crippen LogP contribution in [0.25, 0.3) is 16.8 Å². The van der Waals surface area contributed by atoms with E-state index in [2.05, 4.69) is 10.3 Å². The maximum Gasteiger partial charge on any atom is 0.414 e. The van der Waals surface area contributed by atoms with Crippen LogP contribution >= 0.6 is 0 Å². The number of rotatable bonds is 6. The van der Waals surface area contributed by atoms with Gasteiger partial charge < -0.3 is 19.2 Å². The molecular weight excluding hydrogens is 391 g/mol. The second kappa shape index (κ2) is 8.11. The van der Waals surface area contributed by atoms with Gasteiger partial charge in [-0.25, -0.2) is 14.2 Å². The quantitative estimate of drug-likeness (QED) is 0.673. The Morgan fingerprint density at radius 1 is 1.33 bits per heavy atom. The topological polar surface area (TPSA) is 85.2 Å². The van der Waals surface area contributed by atoms with Gasteiger partial charge in [0.25, 0.3) is 0 Å². The van der Waals surface area contributed by atoms with Gasteiger partial charge in [0.2, 0.25) is 5.91 Å². The Morgan fingerprint density at radius 2 is 2.17 bits per heavy atom. The molecule has 0 aliphatic carbocycles. The minimum atomic E-state index is -0.567. The summed E-state index contributed by atoms with van der Waals surface area (Å²) in [6.45, 7) is 2.24. The summed E-state index contributed by atoms with van der Waals surface area (Å²) in [7, 11) is 1.60. The number of methoxy groups -OCH3 is 1. The molecule has 4 rings (SSSR count). The van der Waals surface area contributed by atoms with E-state index in [1.807, 2.05) is 16.7 Å². The van der Waals surface area contributed by atoms with Crippen molar-refractivity contribution in [1.82, 2.24) is 14.7 Å². The predicted molar refractivity (Wildman–Crippen MR) is 108 cm³/mol. The zero-order valence-electron chi connectivity index (χ0n) is 16.6. The summed E-state index contributed by atoms with van der Waals surface area (Å²) in [5.41, 5.74) is 3.02. The number of imidazole rings is 1. The number of nitrogens with zero attached hydrogens (tertiary/aromatic N) is 3. The van der Waals surface area contributed by atoms with Crippen molar-refractivity contribution in [2.75, 3.05) is 25.1 Å². The number of hydrogen-bond donors (Lipinski definition) is 1. The second-order valence-corrected chi connectivity index (χ2v) is 7.07. The molecule has 0 spiro atoms. The molecule has 0 radical (unpaired) electrons. The van der Waals surface area contributed by atoms with Gasteiger partial charge in [0.15, 0.2) is 0 Å². The Balaban J connectivity index is 1.55. The smallest absolute Gasteiger partial charge is 0.414 e. The first-order valence-corrected chi connectivity index (χ1v) is 9.43. The number of fused-ring (bicyclic) bond motifs is 1. The normalized spacial score (nSPS) is 16.2. The number of halogens is 1. The van der Waals surface area contributed by atoms with E-state index in [0.717, 1.165) is 11.3 Å². The molecule has 1 atom stereocenters. The van der Waals surface area contributed by atoms with Crippen LogP contribution in [0.4, 0.5) is 14.9 Å². The van der Waals surface area contributed by atoms with Gasteiger partial charge in [-0.1, -0.05) is 0 Å². The zero-order valence-corrected chi connectivity index (χ0v) is 16.6. The summed E-state index contributed by atoms with van der Waals surface area (Å²) in [4.78, 5) is 29.0. The standard InChI is InChI=1S/C21H21FN4O4/c1-13(27)23-8-17-11-26(21(28)30-17)16-4-5-18(19(22)7-16)14-3-6-20-24-15(12-29-2)10-25(20)9-14/h3-7,9-10,17H,8,11-12H2,1-2H3,(H,23,27)/t17-/m0/s1. The fraction of sp³-hybridized carbons (Fsp3) is 0.286. The Morgan fingerprint density at radius 3 is 2.90 bits per heavy atom. The van der Waals surface area contributed by atoms with Crippen LogP contribution in [0.5, 0.6) is 0 Å². The summed E-state index contributed by atoms with van der Waals surface area (Å²) in [5, 5.41) is 2.61. The van der Waals surface area contributed by atoms with E-state index in [4.69, 9.17) is 9.47 Å². The Kier molecular flexibility index (Phi) is 5.37. The van der Waals surface area contributed by atoms with Crippen LogP contribution in [-0.2, 0) is 20.9 Å².